The van der Waals surface area contributed by atoms with E-state index in [1.165, 1.54) is 0 Å². The normalized spacial score (nSPS) is 21.1. The number of ether oxygens (including phenoxy) is 1. The van der Waals surface area contributed by atoms with E-state index < -0.39 is 0 Å². The van der Waals surface area contributed by atoms with Crippen LogP contribution in [0.3, 0.4) is 0 Å². The quantitative estimate of drug-likeness (QED) is 0.848. The first-order valence-electron chi connectivity index (χ1n) is 5.26. The van der Waals surface area contributed by atoms with Gasteiger partial charge in [-0.1, -0.05) is 11.6 Å². The maximum absolute atomic E-state index is 8.87. The first-order valence-corrected chi connectivity index (χ1v) is 5.64. The van der Waals surface area contributed by atoms with Gasteiger partial charge in [-0.2, -0.15) is 0 Å². The van der Waals surface area contributed by atoms with Crippen LogP contribution >= 0.6 is 11.6 Å². The molecule has 1 saturated heterocycles. The van der Waals surface area contributed by atoms with Gasteiger partial charge >= 0.3 is 0 Å². The zero-order valence-corrected chi connectivity index (χ0v) is 9.60. The average Bonchev–Trinajstić information content (AvgIpc) is 2.31. The fourth-order valence-corrected chi connectivity index (χ4v) is 1.82. The Balaban J connectivity index is 2.01. The summed E-state index contributed by atoms with van der Waals surface area (Å²) < 4.78 is 5.52. The molecule has 1 aromatic heterocycles. The topological polar surface area (TPSA) is 58.5 Å². The molecule has 1 fully saturated rings. The maximum Gasteiger partial charge on any atom is 0.151 e. The lowest BCUT2D eigenvalue weighted by Gasteiger charge is -2.33. The molecule has 0 bridgehead atoms. The first kappa shape index (κ1) is 11.6. The zero-order chi connectivity index (χ0) is 11.4. The van der Waals surface area contributed by atoms with Crippen molar-refractivity contribution >= 4 is 17.4 Å². The summed E-state index contributed by atoms with van der Waals surface area (Å²) in [5.74, 6) is 0.802. The molecular formula is C10H14ClN3O2. The number of aliphatic hydroxyl groups excluding tert-OH is 1. The molecule has 0 aliphatic carbocycles. The second-order valence-electron chi connectivity index (χ2n) is 3.67. The SMILES string of the molecule is OCCC1CN(c2ccc(Cl)nn2)CCO1. The minimum atomic E-state index is 0.0660. The molecule has 0 saturated carbocycles. The van der Waals surface area contributed by atoms with Crippen molar-refractivity contribution in [2.75, 3.05) is 31.2 Å². The number of hydrogen-bond acceptors (Lipinski definition) is 5. The minimum Gasteiger partial charge on any atom is -0.396 e. The molecule has 1 aliphatic rings. The van der Waals surface area contributed by atoms with Gasteiger partial charge in [-0.3, -0.25) is 0 Å². The molecule has 0 spiro atoms. The summed E-state index contributed by atoms with van der Waals surface area (Å²) in [7, 11) is 0. The van der Waals surface area contributed by atoms with Crippen molar-refractivity contribution < 1.29 is 9.84 Å². The number of rotatable bonds is 3. The van der Waals surface area contributed by atoms with E-state index >= 15 is 0 Å². The summed E-state index contributed by atoms with van der Waals surface area (Å²) >= 11 is 5.68. The highest BCUT2D eigenvalue weighted by Crippen LogP contribution is 2.16. The van der Waals surface area contributed by atoms with Crippen molar-refractivity contribution in [1.29, 1.82) is 0 Å². The van der Waals surface area contributed by atoms with E-state index in [1.54, 1.807) is 6.07 Å². The predicted molar refractivity (Wildman–Crippen MR) is 60.7 cm³/mol. The molecule has 1 unspecified atom stereocenters. The smallest absolute Gasteiger partial charge is 0.151 e. The second-order valence-corrected chi connectivity index (χ2v) is 4.05. The minimum absolute atomic E-state index is 0.0660. The van der Waals surface area contributed by atoms with Crippen LogP contribution in [0.15, 0.2) is 12.1 Å². The standard InChI is InChI=1S/C10H14ClN3O2/c11-9-1-2-10(13-12-9)14-4-6-16-8(7-14)3-5-15/h1-2,8,15H,3-7H2. The Kier molecular flexibility index (Phi) is 3.93. The Morgan fingerprint density at radius 1 is 1.50 bits per heavy atom. The van der Waals surface area contributed by atoms with Gasteiger partial charge in [0.1, 0.15) is 0 Å². The number of halogens is 1. The summed E-state index contributed by atoms with van der Waals surface area (Å²) in [4.78, 5) is 2.09. The largest absolute Gasteiger partial charge is 0.396 e. The number of anilines is 1. The van der Waals surface area contributed by atoms with E-state index in [0.717, 1.165) is 18.9 Å². The van der Waals surface area contributed by atoms with Crippen molar-refractivity contribution in [3.8, 4) is 0 Å². The maximum atomic E-state index is 8.87. The van der Waals surface area contributed by atoms with Crippen LogP contribution in [-0.4, -0.2) is 47.7 Å². The average molecular weight is 244 g/mol. The van der Waals surface area contributed by atoms with Crippen molar-refractivity contribution in [2.24, 2.45) is 0 Å². The molecule has 2 heterocycles. The zero-order valence-electron chi connectivity index (χ0n) is 8.84. The molecule has 6 heteroatoms. The highest BCUT2D eigenvalue weighted by atomic mass is 35.5. The summed E-state index contributed by atoms with van der Waals surface area (Å²) in [5, 5.41) is 17.1. The van der Waals surface area contributed by atoms with Crippen LogP contribution in [0.2, 0.25) is 5.15 Å². The third kappa shape index (κ3) is 2.81. The lowest BCUT2D eigenvalue weighted by molar-refractivity contribution is 0.0244. The van der Waals surface area contributed by atoms with Gasteiger partial charge < -0.3 is 14.7 Å². The molecule has 5 nitrogen and oxygen atoms in total. The highest BCUT2D eigenvalue weighted by molar-refractivity contribution is 6.29. The fraction of sp³-hybridized carbons (Fsp3) is 0.600. The van der Waals surface area contributed by atoms with E-state index in [4.69, 9.17) is 21.4 Å². The van der Waals surface area contributed by atoms with Crippen LogP contribution in [0.25, 0.3) is 0 Å². The fourth-order valence-electron chi connectivity index (χ4n) is 1.72. The Morgan fingerprint density at radius 2 is 2.38 bits per heavy atom. The van der Waals surface area contributed by atoms with E-state index in [2.05, 4.69) is 15.1 Å². The van der Waals surface area contributed by atoms with Gasteiger partial charge in [0.15, 0.2) is 11.0 Å². The Bertz CT molecular complexity index is 331. The van der Waals surface area contributed by atoms with Crippen LogP contribution in [0.4, 0.5) is 5.82 Å². The summed E-state index contributed by atoms with van der Waals surface area (Å²) in [6.45, 7) is 2.31. The molecular weight excluding hydrogens is 230 g/mol. The highest BCUT2D eigenvalue weighted by Gasteiger charge is 2.21. The lowest BCUT2D eigenvalue weighted by atomic mass is 10.2. The molecule has 1 atom stereocenters. The summed E-state index contributed by atoms with van der Waals surface area (Å²) in [6.07, 6.45) is 0.716. The second kappa shape index (κ2) is 5.43. The van der Waals surface area contributed by atoms with E-state index in [-0.39, 0.29) is 12.7 Å². The van der Waals surface area contributed by atoms with Crippen LogP contribution in [0.1, 0.15) is 6.42 Å². The van der Waals surface area contributed by atoms with E-state index in [1.807, 2.05) is 6.07 Å². The Labute approximate surface area is 99.0 Å². The molecule has 0 aromatic carbocycles. The number of aromatic nitrogens is 2. The molecule has 16 heavy (non-hydrogen) atoms. The molecule has 0 radical (unpaired) electrons. The molecule has 88 valence electrons. The van der Waals surface area contributed by atoms with Gasteiger partial charge in [0, 0.05) is 19.7 Å². The Morgan fingerprint density at radius 3 is 3.06 bits per heavy atom. The number of aliphatic hydroxyl groups is 1. The molecule has 2 rings (SSSR count). The third-order valence-electron chi connectivity index (χ3n) is 2.53. The third-order valence-corrected chi connectivity index (χ3v) is 2.73. The predicted octanol–water partition coefficient (Wildman–Crippen LogP) is 0.718. The van der Waals surface area contributed by atoms with Crippen molar-refractivity contribution in [3.63, 3.8) is 0 Å². The molecule has 0 amide bonds. The van der Waals surface area contributed by atoms with Crippen molar-refractivity contribution in [2.45, 2.75) is 12.5 Å². The van der Waals surface area contributed by atoms with E-state index in [0.29, 0.717) is 18.2 Å². The number of hydrogen-bond donors (Lipinski definition) is 1. The van der Waals surface area contributed by atoms with Crippen LogP contribution in [0.5, 0.6) is 0 Å². The van der Waals surface area contributed by atoms with Crippen molar-refractivity contribution in [3.05, 3.63) is 17.3 Å². The van der Waals surface area contributed by atoms with Gasteiger partial charge in [-0.15, -0.1) is 10.2 Å². The first-order chi connectivity index (χ1) is 7.79. The van der Waals surface area contributed by atoms with Gasteiger partial charge in [-0.25, -0.2) is 0 Å². The Hall–Kier alpha value is -0.910. The van der Waals surface area contributed by atoms with Gasteiger partial charge in [0.25, 0.3) is 0 Å². The monoisotopic (exact) mass is 243 g/mol. The lowest BCUT2D eigenvalue weighted by Crippen LogP contribution is -2.43. The van der Waals surface area contributed by atoms with Crippen LogP contribution < -0.4 is 4.90 Å². The van der Waals surface area contributed by atoms with Crippen LogP contribution in [0, 0.1) is 0 Å². The molecule has 1 aromatic rings. The van der Waals surface area contributed by atoms with Gasteiger partial charge in [0.2, 0.25) is 0 Å². The van der Waals surface area contributed by atoms with E-state index in [9.17, 15) is 0 Å². The molecule has 1 aliphatic heterocycles. The summed E-state index contributed by atoms with van der Waals surface area (Å²) in [5.41, 5.74) is 0. The number of morpholine rings is 1. The van der Waals surface area contributed by atoms with Gasteiger partial charge in [-0.05, 0) is 18.6 Å². The van der Waals surface area contributed by atoms with Crippen molar-refractivity contribution in [1.82, 2.24) is 10.2 Å². The number of nitrogens with zero attached hydrogens (tertiary/aromatic N) is 3. The van der Waals surface area contributed by atoms with Crippen LogP contribution in [-0.2, 0) is 4.74 Å². The summed E-state index contributed by atoms with van der Waals surface area (Å²) in [6, 6.07) is 3.57. The molecule has 1 N–H and O–H groups in total. The van der Waals surface area contributed by atoms with Gasteiger partial charge in [0.05, 0.1) is 12.7 Å².